The number of nitro groups is 2. The van der Waals surface area contributed by atoms with Crippen molar-refractivity contribution >= 4 is 22.3 Å². The van der Waals surface area contributed by atoms with Crippen molar-refractivity contribution in [2.24, 2.45) is 0 Å². The van der Waals surface area contributed by atoms with Gasteiger partial charge in [-0.2, -0.15) is 0 Å². The Morgan fingerprint density at radius 2 is 1.33 bits per heavy atom. The Hall–Kier alpha value is -4.00. The van der Waals surface area contributed by atoms with Crippen LogP contribution in [-0.4, -0.2) is 14.4 Å². The van der Waals surface area contributed by atoms with Gasteiger partial charge in [0.25, 0.3) is 11.4 Å². The van der Waals surface area contributed by atoms with E-state index in [1.807, 2.05) is 41.0 Å². The van der Waals surface area contributed by atoms with Crippen LogP contribution in [0.15, 0.2) is 78.9 Å². The third-order valence-electron chi connectivity index (χ3n) is 4.38. The molecule has 0 saturated heterocycles. The van der Waals surface area contributed by atoms with Crippen molar-refractivity contribution in [1.29, 1.82) is 0 Å². The number of hydrogen-bond donors (Lipinski definition) is 0. The normalized spacial score (nSPS) is 10.8. The van der Waals surface area contributed by atoms with Crippen LogP contribution >= 0.6 is 0 Å². The van der Waals surface area contributed by atoms with Crippen molar-refractivity contribution in [3.8, 4) is 16.9 Å². The third-order valence-corrected chi connectivity index (χ3v) is 4.38. The Bertz CT molecular complexity index is 1170. The van der Waals surface area contributed by atoms with Crippen LogP contribution in [0.5, 0.6) is 0 Å². The molecule has 132 valence electrons. The molecule has 0 radical (unpaired) electrons. The summed E-state index contributed by atoms with van der Waals surface area (Å²) in [6.45, 7) is 0. The van der Waals surface area contributed by atoms with Crippen molar-refractivity contribution < 1.29 is 9.85 Å². The summed E-state index contributed by atoms with van der Waals surface area (Å²) in [5, 5.41) is 22.8. The second-order valence-electron chi connectivity index (χ2n) is 6.00. The molecule has 0 aliphatic rings. The van der Waals surface area contributed by atoms with E-state index in [-0.39, 0.29) is 11.4 Å². The van der Waals surface area contributed by atoms with Crippen molar-refractivity contribution in [2.45, 2.75) is 0 Å². The van der Waals surface area contributed by atoms with Gasteiger partial charge in [-0.05, 0) is 29.8 Å². The second kappa shape index (κ2) is 6.38. The van der Waals surface area contributed by atoms with Gasteiger partial charge in [-0.3, -0.25) is 20.2 Å². The van der Waals surface area contributed by atoms with E-state index in [1.54, 1.807) is 18.2 Å². The summed E-state index contributed by atoms with van der Waals surface area (Å²) >= 11 is 0. The number of benzene rings is 3. The summed E-state index contributed by atoms with van der Waals surface area (Å²) < 4.78 is 1.94. The molecule has 4 aromatic rings. The summed E-state index contributed by atoms with van der Waals surface area (Å²) in [7, 11) is 0. The lowest BCUT2D eigenvalue weighted by atomic mass is 10.1. The van der Waals surface area contributed by atoms with E-state index >= 15 is 0 Å². The zero-order chi connectivity index (χ0) is 19.0. The molecule has 3 aromatic carbocycles. The zero-order valence-electron chi connectivity index (χ0n) is 14.0. The van der Waals surface area contributed by atoms with Crippen molar-refractivity contribution in [1.82, 2.24) is 4.57 Å². The van der Waals surface area contributed by atoms with Crippen molar-refractivity contribution in [3.05, 3.63) is 99.1 Å². The minimum absolute atomic E-state index is 0.00658. The summed E-state index contributed by atoms with van der Waals surface area (Å²) in [6, 6.07) is 22.4. The van der Waals surface area contributed by atoms with E-state index < -0.39 is 9.85 Å². The molecule has 0 N–H and O–H groups in total. The maximum absolute atomic E-state index is 11.1. The number of nitro benzene ring substituents is 2. The zero-order valence-corrected chi connectivity index (χ0v) is 14.0. The molecule has 0 fully saturated rings. The van der Waals surface area contributed by atoms with Crippen LogP contribution < -0.4 is 0 Å². The summed E-state index contributed by atoms with van der Waals surface area (Å²) in [5.41, 5.74) is 3.33. The number of rotatable bonds is 4. The molecule has 0 saturated carbocycles. The fraction of sp³-hybridized carbons (Fsp3) is 0. The highest BCUT2D eigenvalue weighted by Gasteiger charge is 2.16. The molecule has 0 spiro atoms. The van der Waals surface area contributed by atoms with E-state index in [1.165, 1.54) is 24.3 Å². The predicted molar refractivity (Wildman–Crippen MR) is 102 cm³/mol. The smallest absolute Gasteiger partial charge is 0.270 e. The SMILES string of the molecule is O=[N+]([O-])c1ccc(-n2c(-c3ccccc3)cc3cc([N+](=O)[O-])ccc32)cc1. The van der Waals surface area contributed by atoms with Gasteiger partial charge < -0.3 is 4.57 Å². The quantitative estimate of drug-likeness (QED) is 0.374. The molecule has 4 rings (SSSR count). The molecule has 7 heteroatoms. The molecule has 0 bridgehead atoms. The fourth-order valence-electron chi connectivity index (χ4n) is 3.14. The minimum atomic E-state index is -0.445. The first-order valence-electron chi connectivity index (χ1n) is 8.15. The number of nitrogens with zero attached hydrogens (tertiary/aromatic N) is 3. The van der Waals surface area contributed by atoms with E-state index in [0.717, 1.165) is 27.8 Å². The topological polar surface area (TPSA) is 91.2 Å². The summed E-state index contributed by atoms with van der Waals surface area (Å²) in [6.07, 6.45) is 0. The first-order valence-corrected chi connectivity index (χ1v) is 8.15. The van der Waals surface area contributed by atoms with Gasteiger partial charge in [-0.1, -0.05) is 30.3 Å². The number of non-ortho nitro benzene ring substituents is 2. The summed E-state index contributed by atoms with van der Waals surface area (Å²) in [5.74, 6) is 0. The average Bonchev–Trinajstić information content (AvgIpc) is 3.07. The van der Waals surface area contributed by atoms with E-state index in [0.29, 0.717) is 0 Å². The highest BCUT2D eigenvalue weighted by Crippen LogP contribution is 2.33. The Morgan fingerprint density at radius 1 is 0.704 bits per heavy atom. The van der Waals surface area contributed by atoms with Gasteiger partial charge in [0.2, 0.25) is 0 Å². The van der Waals surface area contributed by atoms with Crippen LogP contribution in [0.3, 0.4) is 0 Å². The van der Waals surface area contributed by atoms with Crippen LogP contribution in [0.1, 0.15) is 0 Å². The number of hydrogen-bond acceptors (Lipinski definition) is 4. The van der Waals surface area contributed by atoms with Gasteiger partial charge in [-0.25, -0.2) is 0 Å². The van der Waals surface area contributed by atoms with E-state index in [4.69, 9.17) is 0 Å². The van der Waals surface area contributed by atoms with Crippen molar-refractivity contribution in [2.75, 3.05) is 0 Å². The lowest BCUT2D eigenvalue weighted by Crippen LogP contribution is -1.97. The van der Waals surface area contributed by atoms with Crippen LogP contribution in [0.4, 0.5) is 11.4 Å². The largest absolute Gasteiger partial charge is 0.309 e. The van der Waals surface area contributed by atoms with Crippen LogP contribution in [-0.2, 0) is 0 Å². The van der Waals surface area contributed by atoms with E-state index in [9.17, 15) is 20.2 Å². The predicted octanol–water partition coefficient (Wildman–Crippen LogP) is 5.11. The Morgan fingerprint density at radius 3 is 1.96 bits per heavy atom. The fourth-order valence-corrected chi connectivity index (χ4v) is 3.14. The Kier molecular flexibility index (Phi) is 3.89. The summed E-state index contributed by atoms with van der Waals surface area (Å²) in [4.78, 5) is 21.2. The van der Waals surface area contributed by atoms with Gasteiger partial charge in [0.15, 0.2) is 0 Å². The average molecular weight is 359 g/mol. The highest BCUT2D eigenvalue weighted by atomic mass is 16.6. The first-order chi connectivity index (χ1) is 13.0. The minimum Gasteiger partial charge on any atom is -0.309 e. The van der Waals surface area contributed by atoms with Crippen molar-refractivity contribution in [3.63, 3.8) is 0 Å². The Labute approximate surface area is 153 Å². The maximum Gasteiger partial charge on any atom is 0.270 e. The number of fused-ring (bicyclic) bond motifs is 1. The molecule has 0 atom stereocenters. The van der Waals surface area contributed by atoms with Gasteiger partial charge in [-0.15, -0.1) is 0 Å². The standard InChI is InChI=1S/C20H13N3O4/c24-22(25)17-8-6-16(7-9-17)21-19-11-10-18(23(26)27)12-15(19)13-20(21)14-4-2-1-3-5-14/h1-13H. The van der Waals surface area contributed by atoms with Gasteiger partial charge >= 0.3 is 0 Å². The lowest BCUT2D eigenvalue weighted by molar-refractivity contribution is -0.385. The highest BCUT2D eigenvalue weighted by molar-refractivity contribution is 5.90. The monoisotopic (exact) mass is 359 g/mol. The maximum atomic E-state index is 11.1. The van der Waals surface area contributed by atoms with Gasteiger partial charge in [0, 0.05) is 35.3 Å². The lowest BCUT2D eigenvalue weighted by Gasteiger charge is -2.11. The molecule has 27 heavy (non-hydrogen) atoms. The molecule has 1 aromatic heterocycles. The first kappa shape index (κ1) is 16.5. The molecule has 0 amide bonds. The number of aromatic nitrogens is 1. The molecule has 0 unspecified atom stereocenters. The molecule has 1 heterocycles. The van der Waals surface area contributed by atoms with Gasteiger partial charge in [0.1, 0.15) is 0 Å². The molecule has 7 nitrogen and oxygen atoms in total. The molecular weight excluding hydrogens is 346 g/mol. The van der Waals surface area contributed by atoms with Crippen LogP contribution in [0.25, 0.3) is 27.8 Å². The van der Waals surface area contributed by atoms with Crippen LogP contribution in [0.2, 0.25) is 0 Å². The van der Waals surface area contributed by atoms with E-state index in [2.05, 4.69) is 0 Å². The van der Waals surface area contributed by atoms with Gasteiger partial charge in [0.05, 0.1) is 21.1 Å². The molecule has 0 aliphatic carbocycles. The third kappa shape index (κ3) is 2.91. The van der Waals surface area contributed by atoms with Crippen LogP contribution in [0, 0.1) is 20.2 Å². The Balaban J connectivity index is 1.98. The molecular formula is C20H13N3O4. The second-order valence-corrected chi connectivity index (χ2v) is 6.00. The molecule has 0 aliphatic heterocycles.